The molecule has 9 heteroatoms. The summed E-state index contributed by atoms with van der Waals surface area (Å²) in [7, 11) is 0. The highest BCUT2D eigenvalue weighted by Crippen LogP contribution is 2.33. The highest BCUT2D eigenvalue weighted by Gasteiger charge is 2.31. The fourth-order valence-electron chi connectivity index (χ4n) is 1.98. The van der Waals surface area contributed by atoms with Gasteiger partial charge in [0.05, 0.1) is 22.7 Å². The first kappa shape index (κ1) is 20.1. The maximum absolute atomic E-state index is 12.7. The first-order chi connectivity index (χ1) is 12.2. The van der Waals surface area contributed by atoms with Gasteiger partial charge in [0.25, 0.3) is 5.91 Å². The molecule has 2 aromatic carbocycles. The molecule has 0 radical (unpaired) electrons. The largest absolute Gasteiger partial charge is 0.455 e. The minimum Gasteiger partial charge on any atom is -0.455 e. The summed E-state index contributed by atoms with van der Waals surface area (Å²) < 4.78 is 42.9. The van der Waals surface area contributed by atoms with E-state index in [2.05, 4.69) is 5.32 Å². The fraction of sp³-hybridized carbons (Fsp3) is 0.176. The van der Waals surface area contributed by atoms with Crippen molar-refractivity contribution in [2.45, 2.75) is 12.6 Å². The molecule has 0 fully saturated rings. The maximum atomic E-state index is 12.7. The maximum Gasteiger partial charge on any atom is 0.416 e. The Balaban J connectivity index is 1.93. The summed E-state index contributed by atoms with van der Waals surface area (Å²) in [4.78, 5) is 23.5. The van der Waals surface area contributed by atoms with Gasteiger partial charge in [0.1, 0.15) is 0 Å². The van der Waals surface area contributed by atoms with Crippen LogP contribution in [0.15, 0.2) is 42.5 Å². The molecular formula is C17H12Cl2F3NO3. The Morgan fingerprint density at radius 1 is 1.04 bits per heavy atom. The van der Waals surface area contributed by atoms with Crippen molar-refractivity contribution in [1.82, 2.24) is 0 Å². The number of esters is 1. The lowest BCUT2D eigenvalue weighted by Crippen LogP contribution is -2.22. The van der Waals surface area contributed by atoms with E-state index in [0.29, 0.717) is 16.7 Å². The third-order valence-electron chi connectivity index (χ3n) is 3.22. The average Bonchev–Trinajstić information content (AvgIpc) is 2.56. The Morgan fingerprint density at radius 2 is 1.73 bits per heavy atom. The SMILES string of the molecule is O=C(COC(=O)Cc1ccccc1Cl)Nc1cc(C(F)(F)F)ccc1Cl. The summed E-state index contributed by atoms with van der Waals surface area (Å²) in [5.74, 6) is -1.53. The van der Waals surface area contributed by atoms with Crippen LogP contribution in [-0.2, 0) is 26.9 Å². The average molecular weight is 406 g/mol. The van der Waals surface area contributed by atoms with Crippen molar-refractivity contribution in [2.75, 3.05) is 11.9 Å². The Bertz CT molecular complexity index is 825. The summed E-state index contributed by atoms with van der Waals surface area (Å²) in [5.41, 5.74) is -0.665. The van der Waals surface area contributed by atoms with Gasteiger partial charge in [0.15, 0.2) is 6.61 Å². The highest BCUT2D eigenvalue weighted by molar-refractivity contribution is 6.33. The molecule has 0 aliphatic rings. The van der Waals surface area contributed by atoms with Crippen molar-refractivity contribution in [3.05, 3.63) is 63.6 Å². The van der Waals surface area contributed by atoms with Crippen LogP contribution in [0.4, 0.5) is 18.9 Å². The molecule has 26 heavy (non-hydrogen) atoms. The normalized spacial score (nSPS) is 11.1. The molecule has 0 unspecified atom stereocenters. The molecule has 1 amide bonds. The van der Waals surface area contributed by atoms with E-state index in [9.17, 15) is 22.8 Å². The predicted octanol–water partition coefficient (Wildman–Crippen LogP) is 4.74. The number of hydrogen-bond acceptors (Lipinski definition) is 3. The van der Waals surface area contributed by atoms with E-state index >= 15 is 0 Å². The number of rotatable bonds is 5. The van der Waals surface area contributed by atoms with Crippen LogP contribution >= 0.6 is 23.2 Å². The number of amides is 1. The molecule has 0 spiro atoms. The second-order valence-corrected chi connectivity index (χ2v) is 5.98. The molecule has 0 saturated heterocycles. The van der Waals surface area contributed by atoms with Crippen molar-refractivity contribution in [2.24, 2.45) is 0 Å². The molecule has 0 heterocycles. The van der Waals surface area contributed by atoms with Crippen molar-refractivity contribution in [3.8, 4) is 0 Å². The van der Waals surface area contributed by atoms with Crippen molar-refractivity contribution < 1.29 is 27.5 Å². The van der Waals surface area contributed by atoms with Gasteiger partial charge in [-0.1, -0.05) is 41.4 Å². The molecule has 138 valence electrons. The van der Waals surface area contributed by atoms with E-state index < -0.39 is 30.2 Å². The number of nitrogens with one attached hydrogen (secondary N) is 1. The summed E-state index contributed by atoms with van der Waals surface area (Å²) in [6.45, 7) is -0.671. The third kappa shape index (κ3) is 5.64. The number of hydrogen-bond donors (Lipinski definition) is 1. The number of alkyl halides is 3. The van der Waals surface area contributed by atoms with Gasteiger partial charge in [-0.25, -0.2) is 0 Å². The zero-order chi connectivity index (χ0) is 19.3. The van der Waals surface area contributed by atoms with Crippen LogP contribution in [0.2, 0.25) is 10.0 Å². The summed E-state index contributed by atoms with van der Waals surface area (Å²) in [6.07, 6.45) is -4.72. The van der Waals surface area contributed by atoms with E-state index in [-0.39, 0.29) is 17.1 Å². The molecule has 0 aromatic heterocycles. The van der Waals surface area contributed by atoms with Gasteiger partial charge in [0.2, 0.25) is 0 Å². The molecule has 1 N–H and O–H groups in total. The van der Waals surface area contributed by atoms with E-state index in [0.717, 1.165) is 12.1 Å². The van der Waals surface area contributed by atoms with Gasteiger partial charge in [-0.15, -0.1) is 0 Å². The van der Waals surface area contributed by atoms with Gasteiger partial charge in [-0.05, 0) is 29.8 Å². The van der Waals surface area contributed by atoms with E-state index in [1.165, 1.54) is 0 Å². The number of ether oxygens (including phenoxy) is 1. The van der Waals surface area contributed by atoms with Gasteiger partial charge < -0.3 is 10.1 Å². The van der Waals surface area contributed by atoms with E-state index in [1.807, 2.05) is 0 Å². The number of carbonyl (C=O) groups excluding carboxylic acids is 2. The summed E-state index contributed by atoms with van der Waals surface area (Å²) >= 11 is 11.7. The lowest BCUT2D eigenvalue weighted by atomic mass is 10.1. The second-order valence-electron chi connectivity index (χ2n) is 5.17. The first-order valence-corrected chi connectivity index (χ1v) is 7.98. The zero-order valence-electron chi connectivity index (χ0n) is 13.1. The van der Waals surface area contributed by atoms with Crippen LogP contribution in [0.25, 0.3) is 0 Å². The fourth-order valence-corrected chi connectivity index (χ4v) is 2.35. The smallest absolute Gasteiger partial charge is 0.416 e. The molecular weight excluding hydrogens is 394 g/mol. The Morgan fingerprint density at radius 3 is 2.38 bits per heavy atom. The molecule has 2 aromatic rings. The summed E-state index contributed by atoms with van der Waals surface area (Å²) in [6, 6.07) is 9.13. The van der Waals surface area contributed by atoms with Gasteiger partial charge >= 0.3 is 12.1 Å². The van der Waals surface area contributed by atoms with Gasteiger partial charge in [-0.3, -0.25) is 9.59 Å². The standard InChI is InChI=1S/C17H12Cl2F3NO3/c18-12-4-2-1-3-10(12)7-16(25)26-9-15(24)23-14-8-11(17(20,21)22)5-6-13(14)19/h1-6,8H,7,9H2,(H,23,24). The van der Waals surface area contributed by atoms with E-state index in [4.69, 9.17) is 27.9 Å². The first-order valence-electron chi connectivity index (χ1n) is 7.22. The molecule has 4 nitrogen and oxygen atoms in total. The molecule has 0 saturated carbocycles. The Labute approximate surface area is 156 Å². The van der Waals surface area contributed by atoms with Crippen LogP contribution in [0.3, 0.4) is 0 Å². The van der Waals surface area contributed by atoms with Gasteiger partial charge in [-0.2, -0.15) is 13.2 Å². The molecule has 0 atom stereocenters. The highest BCUT2D eigenvalue weighted by atomic mass is 35.5. The lowest BCUT2D eigenvalue weighted by molar-refractivity contribution is -0.146. The minimum absolute atomic E-state index is 0.0752. The number of carbonyl (C=O) groups is 2. The van der Waals surface area contributed by atoms with Crippen molar-refractivity contribution in [1.29, 1.82) is 0 Å². The van der Waals surface area contributed by atoms with Crippen LogP contribution < -0.4 is 5.32 Å². The molecule has 0 bridgehead atoms. The van der Waals surface area contributed by atoms with E-state index in [1.54, 1.807) is 24.3 Å². The van der Waals surface area contributed by atoms with Crippen molar-refractivity contribution >= 4 is 40.8 Å². The summed E-state index contributed by atoms with van der Waals surface area (Å²) in [5, 5.41) is 2.48. The van der Waals surface area contributed by atoms with Crippen LogP contribution in [0.1, 0.15) is 11.1 Å². The molecule has 0 aliphatic heterocycles. The third-order valence-corrected chi connectivity index (χ3v) is 3.92. The van der Waals surface area contributed by atoms with Crippen LogP contribution in [0.5, 0.6) is 0 Å². The number of halogens is 5. The molecule has 0 aliphatic carbocycles. The molecule has 2 rings (SSSR count). The van der Waals surface area contributed by atoms with Crippen LogP contribution in [-0.4, -0.2) is 18.5 Å². The second kappa shape index (κ2) is 8.42. The Kier molecular flexibility index (Phi) is 6.50. The van der Waals surface area contributed by atoms with Crippen LogP contribution in [0, 0.1) is 0 Å². The van der Waals surface area contributed by atoms with Gasteiger partial charge in [0, 0.05) is 5.02 Å². The number of benzene rings is 2. The van der Waals surface area contributed by atoms with Crippen molar-refractivity contribution in [3.63, 3.8) is 0 Å². The lowest BCUT2D eigenvalue weighted by Gasteiger charge is -2.12. The Hall–Kier alpha value is -2.25. The topological polar surface area (TPSA) is 55.4 Å². The monoisotopic (exact) mass is 405 g/mol. The predicted molar refractivity (Wildman–Crippen MR) is 91.2 cm³/mol. The zero-order valence-corrected chi connectivity index (χ0v) is 14.6. The number of anilines is 1. The quantitative estimate of drug-likeness (QED) is 0.731. The minimum atomic E-state index is -4.58.